The van der Waals surface area contributed by atoms with E-state index in [1.54, 1.807) is 4.90 Å². The number of rotatable bonds is 1. The van der Waals surface area contributed by atoms with Crippen LogP contribution in [0.1, 0.15) is 57.2 Å². The lowest BCUT2D eigenvalue weighted by atomic mass is 9.96. The Morgan fingerprint density at radius 3 is 2.82 bits per heavy atom. The Morgan fingerprint density at radius 2 is 2.14 bits per heavy atom. The maximum atomic E-state index is 12.4. The van der Waals surface area contributed by atoms with Gasteiger partial charge >= 0.3 is 6.09 Å². The molecule has 2 aliphatic rings. The highest BCUT2D eigenvalue weighted by Gasteiger charge is 2.28. The van der Waals surface area contributed by atoms with Crippen LogP contribution in [0.5, 0.6) is 0 Å². The van der Waals surface area contributed by atoms with E-state index in [9.17, 15) is 4.79 Å². The van der Waals surface area contributed by atoms with Gasteiger partial charge in [0.05, 0.1) is 5.69 Å². The fourth-order valence-corrected chi connectivity index (χ4v) is 3.31. The van der Waals surface area contributed by atoms with E-state index in [1.807, 2.05) is 20.8 Å². The molecule has 1 amide bonds. The molecule has 1 aromatic rings. The fourth-order valence-electron chi connectivity index (χ4n) is 3.31. The summed E-state index contributed by atoms with van der Waals surface area (Å²) in [6, 6.07) is 7.00. The Labute approximate surface area is 132 Å². The lowest BCUT2D eigenvalue weighted by molar-refractivity contribution is 0.0578. The van der Waals surface area contributed by atoms with Gasteiger partial charge in [-0.1, -0.05) is 12.1 Å². The summed E-state index contributed by atoms with van der Waals surface area (Å²) in [4.78, 5) is 14.2. The third-order valence-electron chi connectivity index (χ3n) is 4.30. The second-order valence-corrected chi connectivity index (χ2v) is 7.27. The number of benzene rings is 1. The van der Waals surface area contributed by atoms with Crippen molar-refractivity contribution in [2.75, 3.05) is 18.0 Å². The molecule has 1 unspecified atom stereocenters. The Kier molecular flexibility index (Phi) is 4.13. The molecule has 3 rings (SSSR count). The molecule has 0 radical (unpaired) electrons. The zero-order chi connectivity index (χ0) is 15.7. The molecule has 2 heterocycles. The van der Waals surface area contributed by atoms with Gasteiger partial charge in [0.2, 0.25) is 0 Å². The molecule has 22 heavy (non-hydrogen) atoms. The first kappa shape index (κ1) is 15.3. The van der Waals surface area contributed by atoms with Gasteiger partial charge in [-0.2, -0.15) is 0 Å². The van der Waals surface area contributed by atoms with E-state index in [4.69, 9.17) is 4.74 Å². The van der Waals surface area contributed by atoms with Crippen LogP contribution in [0, 0.1) is 0 Å². The number of hydrogen-bond donors (Lipinski definition) is 1. The number of carbonyl (C=O) groups excluding carboxylic acids is 1. The summed E-state index contributed by atoms with van der Waals surface area (Å²) in [5, 5.41) is 3.54. The molecule has 1 N–H and O–H groups in total. The second-order valence-electron chi connectivity index (χ2n) is 7.27. The first-order valence-electron chi connectivity index (χ1n) is 8.31. The van der Waals surface area contributed by atoms with Crippen molar-refractivity contribution in [1.82, 2.24) is 5.32 Å². The molecule has 0 aliphatic carbocycles. The zero-order valence-corrected chi connectivity index (χ0v) is 13.8. The van der Waals surface area contributed by atoms with Crippen LogP contribution >= 0.6 is 0 Å². The van der Waals surface area contributed by atoms with Crippen molar-refractivity contribution in [3.8, 4) is 0 Å². The average molecular weight is 302 g/mol. The summed E-state index contributed by atoms with van der Waals surface area (Å²) in [5.41, 5.74) is 3.18. The van der Waals surface area contributed by atoms with E-state index in [-0.39, 0.29) is 6.09 Å². The van der Waals surface area contributed by atoms with E-state index in [0.29, 0.717) is 6.04 Å². The third kappa shape index (κ3) is 3.27. The van der Waals surface area contributed by atoms with Crippen LogP contribution in [0.15, 0.2) is 18.2 Å². The van der Waals surface area contributed by atoms with Crippen molar-refractivity contribution >= 4 is 11.8 Å². The number of nitrogens with zero attached hydrogens (tertiary/aromatic N) is 1. The molecular weight excluding hydrogens is 276 g/mol. The Morgan fingerprint density at radius 1 is 1.32 bits per heavy atom. The highest BCUT2D eigenvalue weighted by molar-refractivity contribution is 5.89. The van der Waals surface area contributed by atoms with Crippen LogP contribution < -0.4 is 10.2 Å². The number of carbonyl (C=O) groups is 1. The highest BCUT2D eigenvalue weighted by atomic mass is 16.6. The molecule has 1 aromatic carbocycles. The maximum absolute atomic E-state index is 12.4. The molecule has 120 valence electrons. The van der Waals surface area contributed by atoms with E-state index in [2.05, 4.69) is 23.5 Å². The summed E-state index contributed by atoms with van der Waals surface area (Å²) in [6.07, 6.45) is 4.24. The summed E-state index contributed by atoms with van der Waals surface area (Å²) < 4.78 is 5.54. The number of ether oxygens (including phenoxy) is 1. The van der Waals surface area contributed by atoms with Crippen molar-refractivity contribution in [3.63, 3.8) is 0 Å². The van der Waals surface area contributed by atoms with Crippen LogP contribution in [0.3, 0.4) is 0 Å². The lowest BCUT2D eigenvalue weighted by Crippen LogP contribution is -2.39. The lowest BCUT2D eigenvalue weighted by Gasteiger charge is -2.32. The van der Waals surface area contributed by atoms with Crippen molar-refractivity contribution in [1.29, 1.82) is 0 Å². The maximum Gasteiger partial charge on any atom is 0.414 e. The molecule has 4 nitrogen and oxygen atoms in total. The summed E-state index contributed by atoms with van der Waals surface area (Å²) >= 11 is 0. The van der Waals surface area contributed by atoms with Crippen LogP contribution in [-0.4, -0.2) is 24.8 Å². The summed E-state index contributed by atoms with van der Waals surface area (Å²) in [6.45, 7) is 7.56. The molecule has 1 atom stereocenters. The minimum atomic E-state index is -0.456. The molecule has 2 aliphatic heterocycles. The molecular formula is C18H26N2O2. The van der Waals surface area contributed by atoms with Gasteiger partial charge < -0.3 is 10.1 Å². The minimum absolute atomic E-state index is 0.236. The second kappa shape index (κ2) is 5.92. The predicted octanol–water partition coefficient (Wildman–Crippen LogP) is 3.80. The molecule has 1 saturated heterocycles. The number of hydrogen-bond acceptors (Lipinski definition) is 3. The van der Waals surface area contributed by atoms with Gasteiger partial charge in [0, 0.05) is 12.6 Å². The van der Waals surface area contributed by atoms with Crippen molar-refractivity contribution < 1.29 is 9.53 Å². The number of aryl methyl sites for hydroxylation is 1. The molecule has 0 bridgehead atoms. The van der Waals surface area contributed by atoms with Crippen molar-refractivity contribution in [3.05, 3.63) is 29.3 Å². The average Bonchev–Trinajstić information content (AvgIpc) is 2.98. The predicted molar refractivity (Wildman–Crippen MR) is 88.3 cm³/mol. The number of fused-ring (bicyclic) bond motifs is 1. The molecule has 0 aromatic heterocycles. The molecule has 0 spiro atoms. The van der Waals surface area contributed by atoms with Crippen LogP contribution in [0.25, 0.3) is 0 Å². The normalized spacial score (nSPS) is 21.6. The largest absolute Gasteiger partial charge is 0.443 e. The van der Waals surface area contributed by atoms with Crippen molar-refractivity contribution in [2.24, 2.45) is 0 Å². The first-order valence-corrected chi connectivity index (χ1v) is 8.31. The van der Waals surface area contributed by atoms with Crippen molar-refractivity contribution in [2.45, 2.75) is 58.1 Å². The zero-order valence-electron chi connectivity index (χ0n) is 13.8. The topological polar surface area (TPSA) is 41.6 Å². The van der Waals surface area contributed by atoms with Gasteiger partial charge in [0.15, 0.2) is 0 Å². The summed E-state index contributed by atoms with van der Waals surface area (Å²) in [7, 11) is 0. The summed E-state index contributed by atoms with van der Waals surface area (Å²) in [5.74, 6) is 0. The SMILES string of the molecule is CC(C)(C)OC(=O)N1CCCc2cc(C3CCCN3)ccc21. The molecule has 1 fully saturated rings. The Balaban J connectivity index is 1.82. The standard InChI is InChI=1S/C18H26N2O2/c1-18(2,3)22-17(21)20-11-5-6-14-12-13(8-9-16(14)20)15-7-4-10-19-15/h8-9,12,15,19H,4-7,10-11H2,1-3H3. The van der Waals surface area contributed by atoms with Gasteiger partial charge in [-0.15, -0.1) is 0 Å². The number of anilines is 1. The smallest absolute Gasteiger partial charge is 0.414 e. The Hall–Kier alpha value is -1.55. The molecule has 0 saturated carbocycles. The fraction of sp³-hybridized carbons (Fsp3) is 0.611. The quantitative estimate of drug-likeness (QED) is 0.858. The number of nitrogens with one attached hydrogen (secondary N) is 1. The van der Waals surface area contributed by atoms with Crippen LogP contribution in [-0.2, 0) is 11.2 Å². The van der Waals surface area contributed by atoms with Crippen LogP contribution in [0.2, 0.25) is 0 Å². The van der Waals surface area contributed by atoms with E-state index >= 15 is 0 Å². The van der Waals surface area contributed by atoms with Gasteiger partial charge in [-0.05, 0) is 70.2 Å². The third-order valence-corrected chi connectivity index (χ3v) is 4.30. The molecule has 4 heteroatoms. The van der Waals surface area contributed by atoms with Gasteiger partial charge in [-0.3, -0.25) is 4.90 Å². The van der Waals surface area contributed by atoms with Crippen LogP contribution in [0.4, 0.5) is 10.5 Å². The van der Waals surface area contributed by atoms with E-state index in [0.717, 1.165) is 31.6 Å². The monoisotopic (exact) mass is 302 g/mol. The van der Waals surface area contributed by atoms with E-state index < -0.39 is 5.60 Å². The first-order chi connectivity index (χ1) is 10.4. The highest BCUT2D eigenvalue weighted by Crippen LogP contribution is 2.32. The minimum Gasteiger partial charge on any atom is -0.443 e. The van der Waals surface area contributed by atoms with Gasteiger partial charge in [-0.25, -0.2) is 4.79 Å². The van der Waals surface area contributed by atoms with Gasteiger partial charge in [0.1, 0.15) is 5.60 Å². The van der Waals surface area contributed by atoms with E-state index in [1.165, 1.54) is 24.0 Å². The number of amides is 1. The Bertz CT molecular complexity index is 557. The van der Waals surface area contributed by atoms with Gasteiger partial charge in [0.25, 0.3) is 0 Å².